The van der Waals surface area contributed by atoms with Gasteiger partial charge in [-0.05, 0) is 56.1 Å². The number of benzene rings is 1. The molecule has 154 valence electrons. The molecular formula is C21H25N3O5. The van der Waals surface area contributed by atoms with Crippen LogP contribution < -0.4 is 10.1 Å². The minimum absolute atomic E-state index is 0.233. The smallest absolute Gasteiger partial charge is 0.334 e. The van der Waals surface area contributed by atoms with Crippen LogP contribution in [0.4, 0.5) is 10.5 Å². The number of imide groups is 2. The number of nitrogens with one attached hydrogen (secondary N) is 1. The average molecular weight is 399 g/mol. The van der Waals surface area contributed by atoms with E-state index in [0.29, 0.717) is 23.3 Å². The summed E-state index contributed by atoms with van der Waals surface area (Å²) in [5.74, 6) is -0.486. The number of hydrogen-bond donors (Lipinski definition) is 1. The number of nitrogens with zero attached hydrogens (tertiary/aromatic N) is 2. The summed E-state index contributed by atoms with van der Waals surface area (Å²) in [6, 6.07) is 5.78. The van der Waals surface area contributed by atoms with Crippen LogP contribution in [-0.2, 0) is 14.4 Å². The number of rotatable bonds is 6. The molecule has 2 saturated carbocycles. The zero-order valence-electron chi connectivity index (χ0n) is 16.6. The molecule has 3 fully saturated rings. The third-order valence-corrected chi connectivity index (χ3v) is 6.59. The molecule has 5 amide bonds. The molecule has 4 atom stereocenters. The lowest BCUT2D eigenvalue weighted by atomic mass is 9.83. The maximum absolute atomic E-state index is 12.8. The van der Waals surface area contributed by atoms with Gasteiger partial charge in [0.15, 0.2) is 0 Å². The van der Waals surface area contributed by atoms with E-state index in [0.717, 1.165) is 29.1 Å². The Kier molecular flexibility index (Phi) is 5.02. The Balaban J connectivity index is 1.44. The highest BCUT2D eigenvalue weighted by Gasteiger charge is 2.52. The van der Waals surface area contributed by atoms with Crippen LogP contribution in [0.1, 0.15) is 32.6 Å². The van der Waals surface area contributed by atoms with Gasteiger partial charge in [0.1, 0.15) is 12.3 Å². The molecule has 8 heteroatoms. The Morgan fingerprint density at radius 2 is 1.93 bits per heavy atom. The van der Waals surface area contributed by atoms with Crippen LogP contribution in [-0.4, -0.2) is 53.2 Å². The summed E-state index contributed by atoms with van der Waals surface area (Å²) in [5.41, 5.74) is 0.428. The van der Waals surface area contributed by atoms with Crippen molar-refractivity contribution in [3.05, 3.63) is 24.3 Å². The summed E-state index contributed by atoms with van der Waals surface area (Å²) in [4.78, 5) is 52.0. The number of fused-ring (bicyclic) bond motifs is 2. The van der Waals surface area contributed by atoms with E-state index in [2.05, 4.69) is 5.32 Å². The van der Waals surface area contributed by atoms with Gasteiger partial charge in [-0.3, -0.25) is 19.3 Å². The highest BCUT2D eigenvalue weighted by atomic mass is 16.5. The highest BCUT2D eigenvalue weighted by molar-refractivity contribution is 6.45. The Hall–Kier alpha value is -2.90. The molecule has 0 radical (unpaired) electrons. The van der Waals surface area contributed by atoms with Gasteiger partial charge in [-0.15, -0.1) is 0 Å². The van der Waals surface area contributed by atoms with E-state index in [1.54, 1.807) is 24.3 Å². The molecule has 1 N–H and O–H groups in total. The van der Waals surface area contributed by atoms with Crippen LogP contribution in [0.25, 0.3) is 0 Å². The molecule has 29 heavy (non-hydrogen) atoms. The third kappa shape index (κ3) is 3.36. The van der Waals surface area contributed by atoms with E-state index < -0.39 is 30.3 Å². The second kappa shape index (κ2) is 7.50. The number of anilines is 1. The fourth-order valence-corrected chi connectivity index (χ4v) is 5.18. The Morgan fingerprint density at radius 1 is 1.17 bits per heavy atom. The maximum atomic E-state index is 12.8. The first kappa shape index (κ1) is 19.4. The number of ether oxygens (including phenoxy) is 1. The normalized spacial score (nSPS) is 27.0. The quantitative estimate of drug-likeness (QED) is 0.585. The van der Waals surface area contributed by atoms with Gasteiger partial charge in [-0.2, -0.15) is 0 Å². The van der Waals surface area contributed by atoms with Crippen LogP contribution >= 0.6 is 0 Å². The predicted molar refractivity (Wildman–Crippen MR) is 104 cm³/mol. The van der Waals surface area contributed by atoms with E-state index in [1.165, 1.54) is 13.5 Å². The molecule has 1 saturated heterocycles. The average Bonchev–Trinajstić information content (AvgIpc) is 3.39. The van der Waals surface area contributed by atoms with Crippen LogP contribution in [0, 0.1) is 17.8 Å². The van der Waals surface area contributed by atoms with Gasteiger partial charge in [0.25, 0.3) is 0 Å². The summed E-state index contributed by atoms with van der Waals surface area (Å²) in [5, 5.41) is 2.63. The second-order valence-electron chi connectivity index (χ2n) is 8.18. The summed E-state index contributed by atoms with van der Waals surface area (Å²) < 4.78 is 5.18. The van der Waals surface area contributed by atoms with Crippen molar-refractivity contribution in [2.24, 2.45) is 17.8 Å². The van der Waals surface area contributed by atoms with Gasteiger partial charge in [0.2, 0.25) is 5.91 Å². The van der Waals surface area contributed by atoms with E-state index in [1.807, 2.05) is 6.92 Å². The molecule has 0 spiro atoms. The minimum atomic E-state index is -0.944. The van der Waals surface area contributed by atoms with Crippen LogP contribution in [0.2, 0.25) is 0 Å². The number of para-hydroxylation sites is 2. The fraction of sp³-hybridized carbons (Fsp3) is 0.524. The van der Waals surface area contributed by atoms with Gasteiger partial charge in [-0.25, -0.2) is 9.69 Å². The molecule has 2 bridgehead atoms. The second-order valence-corrected chi connectivity index (χ2v) is 8.18. The molecule has 8 nitrogen and oxygen atoms in total. The van der Waals surface area contributed by atoms with E-state index in [4.69, 9.17) is 4.74 Å². The lowest BCUT2D eigenvalue weighted by Crippen LogP contribution is -2.45. The summed E-state index contributed by atoms with van der Waals surface area (Å²) in [6.07, 6.45) is 4.47. The summed E-state index contributed by atoms with van der Waals surface area (Å²) in [7, 11) is 1.48. The number of amides is 5. The van der Waals surface area contributed by atoms with Crippen molar-refractivity contribution in [2.75, 3.05) is 19.0 Å². The molecule has 3 aliphatic rings. The highest BCUT2D eigenvalue weighted by Crippen LogP contribution is 2.50. The van der Waals surface area contributed by atoms with Gasteiger partial charge >= 0.3 is 17.8 Å². The number of carbonyl (C=O) groups excluding carboxylic acids is 4. The number of methoxy groups -OCH3 is 1. The summed E-state index contributed by atoms with van der Waals surface area (Å²) >= 11 is 0. The number of urea groups is 1. The van der Waals surface area contributed by atoms with Gasteiger partial charge in [-0.1, -0.05) is 18.6 Å². The zero-order chi connectivity index (χ0) is 20.7. The molecule has 1 aromatic carbocycles. The van der Waals surface area contributed by atoms with E-state index in [-0.39, 0.29) is 12.0 Å². The van der Waals surface area contributed by atoms with Crippen molar-refractivity contribution in [3.8, 4) is 5.75 Å². The summed E-state index contributed by atoms with van der Waals surface area (Å²) in [6.45, 7) is 1.33. The molecule has 2 aliphatic carbocycles. The SMILES string of the molecule is COc1ccccc1NC(=O)CN1C(=O)C(=O)N([C@@H](C)[C@@H]2C[C@H]3CC[C@H]2C3)C1=O. The molecule has 1 aliphatic heterocycles. The monoisotopic (exact) mass is 399 g/mol. The van der Waals surface area contributed by atoms with E-state index >= 15 is 0 Å². The largest absolute Gasteiger partial charge is 0.495 e. The van der Waals surface area contributed by atoms with E-state index in [9.17, 15) is 19.2 Å². The lowest BCUT2D eigenvalue weighted by Gasteiger charge is -2.32. The molecule has 0 unspecified atom stereocenters. The molecule has 0 aromatic heterocycles. The first-order valence-electron chi connectivity index (χ1n) is 10.0. The van der Waals surface area contributed by atoms with Crippen molar-refractivity contribution in [1.29, 1.82) is 0 Å². The Morgan fingerprint density at radius 3 is 2.59 bits per heavy atom. The molecule has 1 aromatic rings. The van der Waals surface area contributed by atoms with Crippen LogP contribution in [0.5, 0.6) is 5.75 Å². The van der Waals surface area contributed by atoms with Crippen molar-refractivity contribution in [3.63, 3.8) is 0 Å². The molecule has 1 heterocycles. The predicted octanol–water partition coefficient (Wildman–Crippen LogP) is 2.25. The lowest BCUT2D eigenvalue weighted by molar-refractivity contribution is -0.144. The van der Waals surface area contributed by atoms with Crippen LogP contribution in [0.15, 0.2) is 24.3 Å². The molecular weight excluding hydrogens is 374 g/mol. The first-order valence-corrected chi connectivity index (χ1v) is 10.0. The number of carbonyl (C=O) groups is 4. The topological polar surface area (TPSA) is 96.0 Å². The van der Waals surface area contributed by atoms with Gasteiger partial charge in [0.05, 0.1) is 12.8 Å². The minimum Gasteiger partial charge on any atom is -0.495 e. The Labute approximate surface area is 169 Å². The zero-order valence-corrected chi connectivity index (χ0v) is 16.6. The van der Waals surface area contributed by atoms with Crippen molar-refractivity contribution >= 4 is 29.4 Å². The molecule has 4 rings (SSSR count). The fourth-order valence-electron chi connectivity index (χ4n) is 5.18. The first-order chi connectivity index (χ1) is 13.9. The van der Waals surface area contributed by atoms with Gasteiger partial charge < -0.3 is 10.1 Å². The van der Waals surface area contributed by atoms with Crippen LogP contribution in [0.3, 0.4) is 0 Å². The Bertz CT molecular complexity index is 870. The standard InChI is InChI=1S/C21H25N3O5/c1-12(15-10-13-7-8-14(15)9-13)24-20(27)19(26)23(21(24)28)11-18(25)22-16-5-3-4-6-17(16)29-2/h3-6,12-15H,7-11H2,1-2H3,(H,22,25)/t12-,13-,14-,15-/m0/s1. The van der Waals surface area contributed by atoms with Crippen molar-refractivity contribution in [2.45, 2.75) is 38.6 Å². The number of hydrogen-bond acceptors (Lipinski definition) is 5. The maximum Gasteiger partial charge on any atom is 0.334 e. The van der Waals surface area contributed by atoms with Crippen molar-refractivity contribution < 1.29 is 23.9 Å². The van der Waals surface area contributed by atoms with Crippen molar-refractivity contribution in [1.82, 2.24) is 9.80 Å². The van der Waals surface area contributed by atoms with Gasteiger partial charge in [0, 0.05) is 6.04 Å². The third-order valence-electron chi connectivity index (χ3n) is 6.59.